The predicted octanol–water partition coefficient (Wildman–Crippen LogP) is 3.24. The summed E-state index contributed by atoms with van der Waals surface area (Å²) in [5, 5.41) is 3.48. The van der Waals surface area contributed by atoms with E-state index < -0.39 is 0 Å². The first-order valence-electron chi connectivity index (χ1n) is 5.16. The lowest BCUT2D eigenvalue weighted by Gasteiger charge is -2.26. The molecule has 3 rings (SSSR count). The van der Waals surface area contributed by atoms with Crippen LogP contribution in [0.2, 0.25) is 0 Å². The van der Waals surface area contributed by atoms with Crippen LogP contribution in [0.15, 0.2) is 42.7 Å². The van der Waals surface area contributed by atoms with Gasteiger partial charge in [0.05, 0.1) is 6.04 Å². The van der Waals surface area contributed by atoms with Crippen molar-refractivity contribution in [3.05, 3.63) is 48.3 Å². The molecule has 1 aliphatic rings. The van der Waals surface area contributed by atoms with Gasteiger partial charge in [-0.05, 0) is 24.6 Å². The zero-order valence-corrected chi connectivity index (χ0v) is 8.57. The van der Waals surface area contributed by atoms with Crippen molar-refractivity contribution >= 4 is 5.69 Å². The highest BCUT2D eigenvalue weighted by atomic mass is 14.9. The number of rotatable bonds is 0. The minimum absolute atomic E-state index is 0.337. The molecule has 0 radical (unpaired) electrons. The van der Waals surface area contributed by atoms with Gasteiger partial charge in [0, 0.05) is 29.2 Å². The van der Waals surface area contributed by atoms with Crippen molar-refractivity contribution in [1.82, 2.24) is 4.98 Å². The Morgan fingerprint density at radius 2 is 2.00 bits per heavy atom. The van der Waals surface area contributed by atoms with Gasteiger partial charge in [-0.2, -0.15) is 0 Å². The summed E-state index contributed by atoms with van der Waals surface area (Å²) in [5.74, 6) is 0. The van der Waals surface area contributed by atoms with Gasteiger partial charge in [0.25, 0.3) is 0 Å². The number of benzene rings is 1. The molecule has 2 nitrogen and oxygen atoms in total. The summed E-state index contributed by atoms with van der Waals surface area (Å²) in [6.07, 6.45) is 3.80. The fourth-order valence-corrected chi connectivity index (χ4v) is 2.15. The van der Waals surface area contributed by atoms with Gasteiger partial charge in [-0.3, -0.25) is 4.98 Å². The quantitative estimate of drug-likeness (QED) is 0.699. The first kappa shape index (κ1) is 8.48. The molecular weight excluding hydrogens is 184 g/mol. The van der Waals surface area contributed by atoms with E-state index in [4.69, 9.17) is 0 Å². The zero-order valence-electron chi connectivity index (χ0n) is 8.57. The van der Waals surface area contributed by atoms with Crippen LogP contribution in [0.25, 0.3) is 11.1 Å². The van der Waals surface area contributed by atoms with Gasteiger partial charge >= 0.3 is 0 Å². The van der Waals surface area contributed by atoms with Crippen molar-refractivity contribution < 1.29 is 0 Å². The van der Waals surface area contributed by atoms with E-state index in [1.807, 2.05) is 12.4 Å². The molecule has 0 amide bonds. The van der Waals surface area contributed by atoms with Crippen LogP contribution in [0, 0.1) is 0 Å². The minimum atomic E-state index is 0.337. The molecular formula is C13H12N2. The topological polar surface area (TPSA) is 24.9 Å². The molecule has 1 aromatic carbocycles. The largest absolute Gasteiger partial charge is 0.378 e. The monoisotopic (exact) mass is 196 g/mol. The van der Waals surface area contributed by atoms with Crippen LogP contribution in [-0.4, -0.2) is 4.98 Å². The Balaban J connectivity index is 2.30. The summed E-state index contributed by atoms with van der Waals surface area (Å²) in [6.45, 7) is 2.16. The third-order valence-electron chi connectivity index (χ3n) is 2.91. The summed E-state index contributed by atoms with van der Waals surface area (Å²) < 4.78 is 0. The van der Waals surface area contributed by atoms with Gasteiger partial charge in [-0.25, -0.2) is 0 Å². The standard InChI is InChI=1S/C13H12N2/c1-9-12-8-14-7-6-10(12)11-4-2-3-5-13(11)15-9/h2-9,15H,1H3. The molecule has 1 unspecified atom stereocenters. The van der Waals surface area contributed by atoms with E-state index in [0.29, 0.717) is 6.04 Å². The van der Waals surface area contributed by atoms with Crippen LogP contribution < -0.4 is 5.32 Å². The Morgan fingerprint density at radius 1 is 1.13 bits per heavy atom. The van der Waals surface area contributed by atoms with Crippen LogP contribution >= 0.6 is 0 Å². The van der Waals surface area contributed by atoms with Crippen LogP contribution in [-0.2, 0) is 0 Å². The van der Waals surface area contributed by atoms with E-state index >= 15 is 0 Å². The average Bonchev–Trinajstić information content (AvgIpc) is 2.30. The second-order valence-corrected chi connectivity index (χ2v) is 3.87. The summed E-state index contributed by atoms with van der Waals surface area (Å²) in [5.41, 5.74) is 5.06. The number of hydrogen-bond donors (Lipinski definition) is 1. The summed E-state index contributed by atoms with van der Waals surface area (Å²) in [4.78, 5) is 4.18. The smallest absolute Gasteiger partial charge is 0.0507 e. The maximum atomic E-state index is 4.18. The number of para-hydroxylation sites is 1. The highest BCUT2D eigenvalue weighted by molar-refractivity contribution is 5.83. The van der Waals surface area contributed by atoms with Gasteiger partial charge < -0.3 is 5.32 Å². The molecule has 1 aliphatic heterocycles. The van der Waals surface area contributed by atoms with Crippen molar-refractivity contribution in [3.8, 4) is 11.1 Å². The van der Waals surface area contributed by atoms with E-state index in [1.54, 1.807) is 0 Å². The van der Waals surface area contributed by atoms with Crippen molar-refractivity contribution in [2.75, 3.05) is 5.32 Å². The molecule has 15 heavy (non-hydrogen) atoms. The zero-order chi connectivity index (χ0) is 10.3. The lowest BCUT2D eigenvalue weighted by atomic mass is 9.92. The average molecular weight is 196 g/mol. The third kappa shape index (κ3) is 1.22. The maximum absolute atomic E-state index is 4.18. The molecule has 0 spiro atoms. The molecule has 2 heterocycles. The van der Waals surface area contributed by atoms with Gasteiger partial charge in [0.15, 0.2) is 0 Å². The van der Waals surface area contributed by atoms with E-state index in [-0.39, 0.29) is 0 Å². The SMILES string of the molecule is CC1Nc2ccccc2-c2ccncc21. The number of fused-ring (bicyclic) bond motifs is 3. The molecule has 1 atom stereocenters. The van der Waals surface area contributed by atoms with E-state index in [9.17, 15) is 0 Å². The van der Waals surface area contributed by atoms with Crippen LogP contribution in [0.4, 0.5) is 5.69 Å². The molecule has 1 aromatic heterocycles. The Bertz CT molecular complexity index is 505. The van der Waals surface area contributed by atoms with Crippen molar-refractivity contribution in [1.29, 1.82) is 0 Å². The number of nitrogens with one attached hydrogen (secondary N) is 1. The number of anilines is 1. The predicted molar refractivity (Wildman–Crippen MR) is 61.7 cm³/mol. The molecule has 2 aromatic rings. The Kier molecular flexibility index (Phi) is 1.75. The van der Waals surface area contributed by atoms with Gasteiger partial charge in [-0.1, -0.05) is 18.2 Å². The lowest BCUT2D eigenvalue weighted by molar-refractivity contribution is 0.867. The Labute approximate surface area is 89.0 Å². The van der Waals surface area contributed by atoms with E-state index in [0.717, 1.165) is 0 Å². The summed E-state index contributed by atoms with van der Waals surface area (Å²) in [6, 6.07) is 10.8. The van der Waals surface area contributed by atoms with Crippen LogP contribution in [0.5, 0.6) is 0 Å². The Morgan fingerprint density at radius 3 is 2.93 bits per heavy atom. The normalized spacial score (nSPS) is 17.5. The number of aromatic nitrogens is 1. The second-order valence-electron chi connectivity index (χ2n) is 3.87. The number of pyridine rings is 1. The highest BCUT2D eigenvalue weighted by Crippen LogP contribution is 2.39. The fraction of sp³-hybridized carbons (Fsp3) is 0.154. The van der Waals surface area contributed by atoms with E-state index in [2.05, 4.69) is 47.6 Å². The highest BCUT2D eigenvalue weighted by Gasteiger charge is 2.19. The van der Waals surface area contributed by atoms with E-state index in [1.165, 1.54) is 22.4 Å². The van der Waals surface area contributed by atoms with Crippen LogP contribution in [0.1, 0.15) is 18.5 Å². The molecule has 1 N–H and O–H groups in total. The molecule has 0 saturated carbocycles. The minimum Gasteiger partial charge on any atom is -0.378 e. The third-order valence-corrected chi connectivity index (χ3v) is 2.91. The van der Waals surface area contributed by atoms with Crippen LogP contribution in [0.3, 0.4) is 0 Å². The molecule has 0 saturated heterocycles. The molecule has 0 bridgehead atoms. The van der Waals surface area contributed by atoms with Crippen molar-refractivity contribution in [2.45, 2.75) is 13.0 Å². The first-order valence-corrected chi connectivity index (χ1v) is 5.16. The van der Waals surface area contributed by atoms with Crippen molar-refractivity contribution in [3.63, 3.8) is 0 Å². The molecule has 2 heteroatoms. The second kappa shape index (κ2) is 3.09. The molecule has 74 valence electrons. The van der Waals surface area contributed by atoms with Gasteiger partial charge in [-0.15, -0.1) is 0 Å². The van der Waals surface area contributed by atoms with Crippen molar-refractivity contribution in [2.24, 2.45) is 0 Å². The summed E-state index contributed by atoms with van der Waals surface area (Å²) in [7, 11) is 0. The molecule has 0 aliphatic carbocycles. The molecule has 0 fully saturated rings. The summed E-state index contributed by atoms with van der Waals surface area (Å²) >= 11 is 0. The maximum Gasteiger partial charge on any atom is 0.0507 e. The Hall–Kier alpha value is -1.83. The fourth-order valence-electron chi connectivity index (χ4n) is 2.15. The number of nitrogens with zero attached hydrogens (tertiary/aromatic N) is 1. The van der Waals surface area contributed by atoms with Gasteiger partial charge in [0.1, 0.15) is 0 Å². The first-order chi connectivity index (χ1) is 7.36. The number of hydrogen-bond acceptors (Lipinski definition) is 2. The van der Waals surface area contributed by atoms with Gasteiger partial charge in [0.2, 0.25) is 0 Å². The lowest BCUT2D eigenvalue weighted by Crippen LogP contribution is -2.13.